The first-order valence-electron chi connectivity index (χ1n) is 5.29. The summed E-state index contributed by atoms with van der Waals surface area (Å²) >= 11 is 0. The van der Waals surface area contributed by atoms with Crippen molar-refractivity contribution in [3.05, 3.63) is 41.1 Å². The molecule has 0 aliphatic carbocycles. The van der Waals surface area contributed by atoms with Crippen LogP contribution >= 0.6 is 0 Å². The zero-order valence-corrected chi connectivity index (χ0v) is 9.86. The van der Waals surface area contributed by atoms with E-state index in [2.05, 4.69) is 0 Å². The van der Waals surface area contributed by atoms with E-state index in [-0.39, 0.29) is 27.8 Å². The number of nitrogens with zero attached hydrogens (tertiary/aromatic N) is 1. The predicted octanol–water partition coefficient (Wildman–Crippen LogP) is -0.0821. The minimum atomic E-state index is -1.71. The van der Waals surface area contributed by atoms with E-state index in [0.717, 1.165) is 0 Å². The van der Waals surface area contributed by atoms with Gasteiger partial charge in [-0.3, -0.25) is 9.59 Å². The molecule has 0 saturated carbocycles. The molecule has 1 aliphatic rings. The highest BCUT2D eigenvalue weighted by atomic mass is 16.4. The lowest BCUT2D eigenvalue weighted by molar-refractivity contribution is -0.136. The molecule has 20 heavy (non-hydrogen) atoms. The van der Waals surface area contributed by atoms with Crippen LogP contribution in [0.15, 0.2) is 30.0 Å². The molecule has 0 bridgehead atoms. The van der Waals surface area contributed by atoms with E-state index in [4.69, 9.17) is 15.9 Å². The van der Waals surface area contributed by atoms with Gasteiger partial charge in [-0.1, -0.05) is 6.07 Å². The van der Waals surface area contributed by atoms with Crippen LogP contribution in [-0.2, 0) is 9.59 Å². The van der Waals surface area contributed by atoms with E-state index in [9.17, 15) is 19.2 Å². The van der Waals surface area contributed by atoms with Crippen LogP contribution in [0.25, 0.3) is 0 Å². The minimum absolute atomic E-state index is 0.0170. The summed E-state index contributed by atoms with van der Waals surface area (Å²) in [5, 5.41) is 17.6. The summed E-state index contributed by atoms with van der Waals surface area (Å²) < 4.78 is 0. The maximum absolute atomic E-state index is 12.1. The van der Waals surface area contributed by atoms with Gasteiger partial charge in [-0.2, -0.15) is 0 Å². The SMILES string of the molecule is Nc1cccc2c1C(=O)N(/C(=C/C(=O)O)C(=O)O)C2=O. The quantitative estimate of drug-likeness (QED) is 0.398. The number of rotatable bonds is 3. The van der Waals surface area contributed by atoms with Crippen molar-refractivity contribution < 1.29 is 29.4 Å². The van der Waals surface area contributed by atoms with Crippen LogP contribution < -0.4 is 5.73 Å². The molecule has 0 aromatic heterocycles. The van der Waals surface area contributed by atoms with Gasteiger partial charge in [-0.15, -0.1) is 0 Å². The summed E-state index contributed by atoms with van der Waals surface area (Å²) in [6, 6.07) is 4.13. The van der Waals surface area contributed by atoms with Crippen molar-refractivity contribution in [2.24, 2.45) is 0 Å². The first kappa shape index (κ1) is 13.3. The second kappa shape index (κ2) is 4.50. The Bertz CT molecular complexity index is 691. The molecular weight excluding hydrogens is 268 g/mol. The van der Waals surface area contributed by atoms with Gasteiger partial charge in [0.15, 0.2) is 0 Å². The summed E-state index contributed by atoms with van der Waals surface area (Å²) in [7, 11) is 0. The Labute approximate surface area is 111 Å². The third-order valence-electron chi connectivity index (χ3n) is 2.67. The number of nitrogen functional groups attached to an aromatic ring is 1. The number of hydrogen-bond donors (Lipinski definition) is 3. The second-order valence-electron chi connectivity index (χ2n) is 3.89. The van der Waals surface area contributed by atoms with E-state index in [1.54, 1.807) is 0 Å². The van der Waals surface area contributed by atoms with Gasteiger partial charge < -0.3 is 15.9 Å². The largest absolute Gasteiger partial charge is 0.478 e. The van der Waals surface area contributed by atoms with Crippen molar-refractivity contribution in [3.8, 4) is 0 Å². The Morgan fingerprint density at radius 1 is 1.15 bits per heavy atom. The number of imide groups is 1. The van der Waals surface area contributed by atoms with Crippen molar-refractivity contribution in [2.75, 3.05) is 5.73 Å². The Kier molecular flexibility index (Phi) is 2.99. The molecular formula is C12H8N2O6. The monoisotopic (exact) mass is 276 g/mol. The molecule has 0 atom stereocenters. The third-order valence-corrected chi connectivity index (χ3v) is 2.67. The molecule has 0 spiro atoms. The number of carboxylic acids is 2. The highest BCUT2D eigenvalue weighted by Gasteiger charge is 2.41. The maximum atomic E-state index is 12.1. The Hall–Kier alpha value is -3.16. The van der Waals surface area contributed by atoms with Gasteiger partial charge in [-0.25, -0.2) is 14.5 Å². The smallest absolute Gasteiger partial charge is 0.353 e. The van der Waals surface area contributed by atoms with E-state index >= 15 is 0 Å². The summed E-state index contributed by atoms with van der Waals surface area (Å²) in [4.78, 5) is 46.1. The molecule has 1 heterocycles. The van der Waals surface area contributed by atoms with Gasteiger partial charge in [-0.05, 0) is 12.1 Å². The van der Waals surface area contributed by atoms with Crippen LogP contribution in [0.4, 0.5) is 5.69 Å². The van der Waals surface area contributed by atoms with Crippen LogP contribution in [0.3, 0.4) is 0 Å². The van der Waals surface area contributed by atoms with Crippen LogP contribution in [0, 0.1) is 0 Å². The molecule has 102 valence electrons. The number of aliphatic carboxylic acids is 2. The van der Waals surface area contributed by atoms with Crippen molar-refractivity contribution in [3.63, 3.8) is 0 Å². The molecule has 1 aromatic carbocycles. The van der Waals surface area contributed by atoms with Crippen LogP contribution in [0.2, 0.25) is 0 Å². The zero-order chi connectivity index (χ0) is 15.0. The van der Waals surface area contributed by atoms with Gasteiger partial charge in [0.2, 0.25) is 0 Å². The highest BCUT2D eigenvalue weighted by molar-refractivity contribution is 6.26. The highest BCUT2D eigenvalue weighted by Crippen LogP contribution is 2.30. The molecule has 0 fully saturated rings. The molecule has 0 radical (unpaired) electrons. The van der Waals surface area contributed by atoms with Crippen molar-refractivity contribution >= 4 is 29.4 Å². The predicted molar refractivity (Wildman–Crippen MR) is 64.7 cm³/mol. The average molecular weight is 276 g/mol. The van der Waals surface area contributed by atoms with Crippen LogP contribution in [0.5, 0.6) is 0 Å². The fraction of sp³-hybridized carbons (Fsp3) is 0. The topological polar surface area (TPSA) is 138 Å². The average Bonchev–Trinajstić information content (AvgIpc) is 2.60. The summed E-state index contributed by atoms with van der Waals surface area (Å²) in [5.41, 5.74) is 4.46. The number of amides is 2. The normalized spacial score (nSPS) is 14.4. The number of carbonyl (C=O) groups excluding carboxylic acids is 2. The maximum Gasteiger partial charge on any atom is 0.353 e. The number of nitrogens with two attached hydrogens (primary N) is 1. The lowest BCUT2D eigenvalue weighted by Gasteiger charge is -2.13. The minimum Gasteiger partial charge on any atom is -0.478 e. The van der Waals surface area contributed by atoms with E-state index in [1.807, 2.05) is 0 Å². The molecule has 1 aliphatic heterocycles. The van der Waals surface area contributed by atoms with Gasteiger partial charge in [0.25, 0.3) is 11.8 Å². The van der Waals surface area contributed by atoms with Crippen molar-refractivity contribution in [1.82, 2.24) is 4.90 Å². The van der Waals surface area contributed by atoms with E-state index < -0.39 is 29.5 Å². The molecule has 2 amide bonds. The molecule has 0 unspecified atom stereocenters. The number of anilines is 1. The standard InChI is InChI=1S/C12H8N2O6/c13-6-3-1-2-5-9(6)11(18)14(10(5)17)7(12(19)20)4-8(15)16/h1-4H,13H2,(H,15,16)(H,19,20)/b7-4+. The van der Waals surface area contributed by atoms with Crippen molar-refractivity contribution in [1.29, 1.82) is 0 Å². The van der Waals surface area contributed by atoms with Gasteiger partial charge in [0.1, 0.15) is 5.70 Å². The first-order chi connectivity index (χ1) is 9.34. The van der Waals surface area contributed by atoms with Crippen LogP contribution in [-0.4, -0.2) is 38.9 Å². The lowest BCUT2D eigenvalue weighted by atomic mass is 10.1. The Morgan fingerprint density at radius 2 is 1.80 bits per heavy atom. The van der Waals surface area contributed by atoms with E-state index in [0.29, 0.717) is 0 Å². The van der Waals surface area contributed by atoms with E-state index in [1.165, 1.54) is 18.2 Å². The summed E-state index contributed by atoms with van der Waals surface area (Å²) in [6.07, 6.45) is 0.278. The van der Waals surface area contributed by atoms with Gasteiger partial charge in [0, 0.05) is 5.69 Å². The summed E-state index contributed by atoms with van der Waals surface area (Å²) in [6.45, 7) is 0. The molecule has 8 heteroatoms. The first-order valence-corrected chi connectivity index (χ1v) is 5.29. The summed E-state index contributed by atoms with van der Waals surface area (Å²) in [5.74, 6) is -5.18. The second-order valence-corrected chi connectivity index (χ2v) is 3.89. The fourth-order valence-corrected chi connectivity index (χ4v) is 1.87. The lowest BCUT2D eigenvalue weighted by Crippen LogP contribution is -2.33. The number of carboxylic acid groups (broad SMARTS) is 2. The van der Waals surface area contributed by atoms with Gasteiger partial charge in [0.05, 0.1) is 17.2 Å². The molecule has 1 aromatic rings. The molecule has 2 rings (SSSR count). The zero-order valence-electron chi connectivity index (χ0n) is 9.86. The Morgan fingerprint density at radius 3 is 2.30 bits per heavy atom. The van der Waals surface area contributed by atoms with Crippen molar-refractivity contribution in [2.45, 2.75) is 0 Å². The molecule has 0 saturated heterocycles. The van der Waals surface area contributed by atoms with Gasteiger partial charge >= 0.3 is 11.9 Å². The number of benzene rings is 1. The molecule has 4 N–H and O–H groups in total. The molecule has 8 nitrogen and oxygen atoms in total. The fourth-order valence-electron chi connectivity index (χ4n) is 1.87. The number of fused-ring (bicyclic) bond motifs is 1. The third kappa shape index (κ3) is 1.88. The van der Waals surface area contributed by atoms with Crippen LogP contribution in [0.1, 0.15) is 20.7 Å². The number of carbonyl (C=O) groups is 4. The Balaban J connectivity index is 2.60. The number of hydrogen-bond acceptors (Lipinski definition) is 5.